The van der Waals surface area contributed by atoms with E-state index in [4.69, 9.17) is 4.74 Å². The Morgan fingerprint density at radius 3 is 2.88 bits per heavy atom. The van der Waals surface area contributed by atoms with Gasteiger partial charge in [-0.2, -0.15) is 5.26 Å². The van der Waals surface area contributed by atoms with Gasteiger partial charge in [0.15, 0.2) is 5.57 Å². The van der Waals surface area contributed by atoms with E-state index in [-0.39, 0.29) is 18.1 Å². The van der Waals surface area contributed by atoms with Gasteiger partial charge < -0.3 is 10.1 Å². The lowest BCUT2D eigenvalue weighted by Gasteiger charge is -2.23. The molecule has 1 aromatic carbocycles. The number of nitriles is 1. The topological polar surface area (TPSA) is 74.5 Å². The Kier molecular flexibility index (Phi) is 4.72. The predicted octanol–water partition coefficient (Wildman–Crippen LogP) is 3.09. The fourth-order valence-corrected chi connectivity index (χ4v) is 4.11. The number of hydrogen-bond acceptors (Lipinski definition) is 6. The van der Waals surface area contributed by atoms with Crippen LogP contribution in [-0.2, 0) is 9.53 Å². The molecule has 2 heterocycles. The van der Waals surface area contributed by atoms with E-state index in [1.807, 2.05) is 31.2 Å². The first-order valence-corrected chi connectivity index (χ1v) is 8.70. The molecule has 0 aliphatic carbocycles. The number of nitrogens with zero attached hydrogens (tertiary/aromatic N) is 2. The fraction of sp³-hybridized carbons (Fsp3) is 0.278. The summed E-state index contributed by atoms with van der Waals surface area (Å²) in [5.74, 6) is 0.983. The molecule has 2 aliphatic rings. The normalized spacial score (nSPS) is 21.4. The van der Waals surface area contributed by atoms with Gasteiger partial charge in [-0.15, -0.1) is 11.8 Å². The summed E-state index contributed by atoms with van der Waals surface area (Å²) in [6.45, 7) is 3.77. The van der Waals surface area contributed by atoms with Crippen molar-refractivity contribution in [1.29, 1.82) is 5.26 Å². The third-order valence-corrected chi connectivity index (χ3v) is 4.94. The molecule has 24 heavy (non-hydrogen) atoms. The largest absolute Gasteiger partial charge is 0.462 e. The van der Waals surface area contributed by atoms with Gasteiger partial charge in [0.1, 0.15) is 16.9 Å². The van der Waals surface area contributed by atoms with E-state index < -0.39 is 5.97 Å². The van der Waals surface area contributed by atoms with Crippen molar-refractivity contribution in [3.8, 4) is 6.07 Å². The Morgan fingerprint density at radius 1 is 1.46 bits per heavy atom. The maximum absolute atomic E-state index is 12.2. The van der Waals surface area contributed by atoms with Crippen LogP contribution in [0.25, 0.3) is 0 Å². The van der Waals surface area contributed by atoms with E-state index in [1.54, 1.807) is 18.7 Å². The molecule has 3 rings (SSSR count). The Labute approximate surface area is 145 Å². The van der Waals surface area contributed by atoms with E-state index in [2.05, 4.69) is 22.4 Å². The number of carbonyl (C=O) groups excluding carboxylic acids is 1. The van der Waals surface area contributed by atoms with Gasteiger partial charge in [-0.25, -0.2) is 9.79 Å². The molecule has 0 saturated heterocycles. The Balaban J connectivity index is 2.12. The average Bonchev–Trinajstić information content (AvgIpc) is 3.00. The lowest BCUT2D eigenvalue weighted by molar-refractivity contribution is -0.138. The second-order valence-corrected chi connectivity index (χ2v) is 6.41. The SMILES string of the molecule is CCOC(=O)/C(C#N)=C1\NC(C)=NC2=C1C(c1ccccc1)CS2. The summed E-state index contributed by atoms with van der Waals surface area (Å²) in [6.07, 6.45) is 0. The first-order chi connectivity index (χ1) is 11.7. The second kappa shape index (κ2) is 6.93. The van der Waals surface area contributed by atoms with Crippen LogP contribution in [-0.4, -0.2) is 24.2 Å². The van der Waals surface area contributed by atoms with E-state index in [9.17, 15) is 10.1 Å². The third-order valence-electron chi connectivity index (χ3n) is 3.85. The van der Waals surface area contributed by atoms with Gasteiger partial charge in [0, 0.05) is 17.2 Å². The number of esters is 1. The number of hydrogen-bond donors (Lipinski definition) is 1. The van der Waals surface area contributed by atoms with E-state index >= 15 is 0 Å². The molecule has 1 N–H and O–H groups in total. The summed E-state index contributed by atoms with van der Waals surface area (Å²) in [6, 6.07) is 12.1. The van der Waals surface area contributed by atoms with Crippen molar-refractivity contribution in [2.24, 2.45) is 4.99 Å². The molecule has 1 atom stereocenters. The van der Waals surface area contributed by atoms with Crippen LogP contribution >= 0.6 is 11.8 Å². The standard InChI is InChI=1S/C18H17N3O2S/c1-3-23-18(22)13(9-19)16-15-14(12-7-5-4-6-8-12)10-24-17(15)21-11(2)20-16/h4-8,14H,3,10H2,1-2H3,(H,20,21)/b16-13-. The summed E-state index contributed by atoms with van der Waals surface area (Å²) in [4.78, 5) is 16.7. The van der Waals surface area contributed by atoms with Crippen molar-refractivity contribution < 1.29 is 9.53 Å². The molecule has 6 heteroatoms. The van der Waals surface area contributed by atoms with E-state index in [1.165, 1.54) is 0 Å². The first kappa shape index (κ1) is 16.3. The Hall–Kier alpha value is -2.52. The molecule has 1 aromatic rings. The van der Waals surface area contributed by atoms with Gasteiger partial charge in [0.05, 0.1) is 12.3 Å². The predicted molar refractivity (Wildman–Crippen MR) is 94.2 cm³/mol. The molecule has 0 radical (unpaired) electrons. The molecule has 122 valence electrons. The van der Waals surface area contributed by atoms with Crippen LogP contribution in [0.5, 0.6) is 0 Å². The minimum absolute atomic E-state index is 0.00188. The van der Waals surface area contributed by atoms with Gasteiger partial charge >= 0.3 is 5.97 Å². The van der Waals surface area contributed by atoms with Gasteiger partial charge in [-0.05, 0) is 19.4 Å². The van der Waals surface area contributed by atoms with Crippen molar-refractivity contribution in [2.75, 3.05) is 12.4 Å². The second-order valence-electron chi connectivity index (χ2n) is 5.40. The number of benzene rings is 1. The van der Waals surface area contributed by atoms with E-state index in [0.29, 0.717) is 11.5 Å². The number of thioether (sulfide) groups is 1. The average molecular weight is 339 g/mol. The lowest BCUT2D eigenvalue weighted by Crippen LogP contribution is -2.29. The summed E-state index contributed by atoms with van der Waals surface area (Å²) in [7, 11) is 0. The van der Waals surface area contributed by atoms with Gasteiger partial charge in [-0.3, -0.25) is 0 Å². The molecule has 1 unspecified atom stereocenters. The number of nitrogens with one attached hydrogen (secondary N) is 1. The molecule has 0 saturated carbocycles. The van der Waals surface area contributed by atoms with Crippen molar-refractivity contribution in [1.82, 2.24) is 5.32 Å². The highest BCUT2D eigenvalue weighted by Gasteiger charge is 2.35. The zero-order valence-corrected chi connectivity index (χ0v) is 14.3. The number of amidine groups is 1. The summed E-state index contributed by atoms with van der Waals surface area (Å²) < 4.78 is 5.04. The van der Waals surface area contributed by atoms with Crippen LogP contribution in [0.4, 0.5) is 0 Å². The third kappa shape index (κ3) is 2.95. The maximum atomic E-state index is 12.2. The zero-order chi connectivity index (χ0) is 17.1. The van der Waals surface area contributed by atoms with Crippen LogP contribution in [0.2, 0.25) is 0 Å². The highest BCUT2D eigenvalue weighted by molar-refractivity contribution is 8.03. The molecule has 5 nitrogen and oxygen atoms in total. The molecule has 0 fully saturated rings. The minimum atomic E-state index is -0.604. The van der Waals surface area contributed by atoms with E-state index in [0.717, 1.165) is 21.9 Å². The smallest absolute Gasteiger partial charge is 0.351 e. The number of allylic oxidation sites excluding steroid dienone is 1. The number of rotatable bonds is 3. The summed E-state index contributed by atoms with van der Waals surface area (Å²) in [5, 5.41) is 13.5. The quantitative estimate of drug-likeness (QED) is 0.520. The zero-order valence-electron chi connectivity index (χ0n) is 13.5. The highest BCUT2D eigenvalue weighted by Crippen LogP contribution is 2.47. The number of aliphatic imine (C=N–C) groups is 1. The number of ether oxygens (including phenoxy) is 1. The molecule has 0 aromatic heterocycles. The van der Waals surface area contributed by atoms with Crippen molar-refractivity contribution >= 4 is 23.6 Å². The van der Waals surface area contributed by atoms with Crippen LogP contribution in [0.15, 0.2) is 57.2 Å². The van der Waals surface area contributed by atoms with Gasteiger partial charge in [0.25, 0.3) is 0 Å². The Morgan fingerprint density at radius 2 is 2.21 bits per heavy atom. The molecule has 0 amide bonds. The van der Waals surface area contributed by atoms with Gasteiger partial charge in [0.2, 0.25) is 0 Å². The van der Waals surface area contributed by atoms with Crippen molar-refractivity contribution in [3.63, 3.8) is 0 Å². The molecular weight excluding hydrogens is 322 g/mol. The van der Waals surface area contributed by atoms with Gasteiger partial charge in [-0.1, -0.05) is 30.3 Å². The van der Waals surface area contributed by atoms with Crippen molar-refractivity contribution in [3.05, 3.63) is 57.8 Å². The minimum Gasteiger partial charge on any atom is -0.462 e. The van der Waals surface area contributed by atoms with Crippen LogP contribution in [0, 0.1) is 11.3 Å². The van der Waals surface area contributed by atoms with Crippen molar-refractivity contribution in [2.45, 2.75) is 19.8 Å². The monoisotopic (exact) mass is 339 g/mol. The molecule has 0 spiro atoms. The fourth-order valence-electron chi connectivity index (χ4n) is 2.83. The lowest BCUT2D eigenvalue weighted by atomic mass is 9.89. The molecule has 0 bridgehead atoms. The molecule has 2 aliphatic heterocycles. The highest BCUT2D eigenvalue weighted by atomic mass is 32.2. The number of carbonyl (C=O) groups is 1. The summed E-state index contributed by atoms with van der Waals surface area (Å²) in [5.41, 5.74) is 2.57. The first-order valence-electron chi connectivity index (χ1n) is 7.71. The van der Waals surface area contributed by atoms with Crippen LogP contribution in [0.1, 0.15) is 25.3 Å². The molecular formula is C18H17N3O2S. The van der Waals surface area contributed by atoms with Crippen LogP contribution < -0.4 is 5.32 Å². The van der Waals surface area contributed by atoms with Crippen LogP contribution in [0.3, 0.4) is 0 Å². The summed E-state index contributed by atoms with van der Waals surface area (Å²) >= 11 is 1.65. The maximum Gasteiger partial charge on any atom is 0.351 e. The Bertz CT molecular complexity index is 803.